The SMILES string of the molecule is CCNC(CC1CC2CCC1C2)C1(C)CC1. The van der Waals surface area contributed by atoms with Crippen LogP contribution in [0.1, 0.15) is 58.8 Å². The molecule has 3 saturated carbocycles. The number of fused-ring (bicyclic) bond motifs is 2. The van der Waals surface area contributed by atoms with Crippen molar-refractivity contribution in [1.29, 1.82) is 0 Å². The third kappa shape index (κ3) is 1.92. The molecule has 3 aliphatic carbocycles. The van der Waals surface area contributed by atoms with Gasteiger partial charge in [0.15, 0.2) is 0 Å². The molecule has 3 fully saturated rings. The van der Waals surface area contributed by atoms with Crippen LogP contribution in [0.5, 0.6) is 0 Å². The first-order valence-corrected chi connectivity index (χ1v) is 7.44. The number of hydrogen-bond donors (Lipinski definition) is 1. The minimum absolute atomic E-state index is 0.665. The summed E-state index contributed by atoms with van der Waals surface area (Å²) in [4.78, 5) is 0. The molecule has 1 heteroatoms. The van der Waals surface area contributed by atoms with Crippen LogP contribution in [0.2, 0.25) is 0 Å². The second kappa shape index (κ2) is 4.01. The van der Waals surface area contributed by atoms with Crippen LogP contribution in [-0.2, 0) is 0 Å². The van der Waals surface area contributed by atoms with Crippen LogP contribution in [0.4, 0.5) is 0 Å². The van der Waals surface area contributed by atoms with Crippen molar-refractivity contribution in [2.45, 2.75) is 64.8 Å². The Labute approximate surface area is 100 Å². The van der Waals surface area contributed by atoms with E-state index in [4.69, 9.17) is 0 Å². The second-order valence-corrected chi connectivity index (χ2v) is 6.93. The Morgan fingerprint density at radius 2 is 2.06 bits per heavy atom. The highest BCUT2D eigenvalue weighted by Crippen LogP contribution is 2.54. The molecular formula is C15H27N. The lowest BCUT2D eigenvalue weighted by Gasteiger charge is -2.31. The fraction of sp³-hybridized carbons (Fsp3) is 1.00. The fourth-order valence-electron chi connectivity index (χ4n) is 4.37. The molecule has 3 aliphatic rings. The Bertz CT molecular complexity index is 256. The zero-order valence-corrected chi connectivity index (χ0v) is 11.0. The van der Waals surface area contributed by atoms with Gasteiger partial charge in [-0.2, -0.15) is 0 Å². The standard InChI is InChI=1S/C15H27N/c1-3-16-14(15(2)6-7-15)10-13-9-11-4-5-12(13)8-11/h11-14,16H,3-10H2,1-2H3. The zero-order chi connectivity index (χ0) is 11.2. The molecule has 0 amide bonds. The normalized spacial score (nSPS) is 41.2. The Morgan fingerprint density at radius 1 is 1.25 bits per heavy atom. The molecule has 1 nitrogen and oxygen atoms in total. The summed E-state index contributed by atoms with van der Waals surface area (Å²) in [5, 5.41) is 3.77. The van der Waals surface area contributed by atoms with Gasteiger partial charge in [0.1, 0.15) is 0 Å². The van der Waals surface area contributed by atoms with Gasteiger partial charge in [0, 0.05) is 6.04 Å². The van der Waals surface area contributed by atoms with Crippen LogP contribution in [0.25, 0.3) is 0 Å². The van der Waals surface area contributed by atoms with Crippen molar-refractivity contribution in [3.63, 3.8) is 0 Å². The van der Waals surface area contributed by atoms with Gasteiger partial charge in [0.2, 0.25) is 0 Å². The van der Waals surface area contributed by atoms with Gasteiger partial charge in [-0.1, -0.05) is 20.3 Å². The summed E-state index contributed by atoms with van der Waals surface area (Å²) in [5.41, 5.74) is 0.665. The third-order valence-corrected chi connectivity index (χ3v) is 5.75. The van der Waals surface area contributed by atoms with Gasteiger partial charge < -0.3 is 5.32 Å². The van der Waals surface area contributed by atoms with Crippen molar-refractivity contribution < 1.29 is 0 Å². The van der Waals surface area contributed by atoms with Crippen LogP contribution >= 0.6 is 0 Å². The predicted molar refractivity (Wildman–Crippen MR) is 68.4 cm³/mol. The van der Waals surface area contributed by atoms with Gasteiger partial charge in [-0.25, -0.2) is 0 Å². The Morgan fingerprint density at radius 3 is 2.56 bits per heavy atom. The number of rotatable bonds is 5. The molecule has 1 N–H and O–H groups in total. The average molecular weight is 221 g/mol. The molecule has 0 aromatic heterocycles. The van der Waals surface area contributed by atoms with Crippen molar-refractivity contribution >= 4 is 0 Å². The van der Waals surface area contributed by atoms with Crippen LogP contribution in [-0.4, -0.2) is 12.6 Å². The van der Waals surface area contributed by atoms with E-state index in [9.17, 15) is 0 Å². The third-order valence-electron chi connectivity index (χ3n) is 5.75. The van der Waals surface area contributed by atoms with E-state index in [2.05, 4.69) is 19.2 Å². The maximum Gasteiger partial charge on any atom is 0.0123 e. The lowest BCUT2D eigenvalue weighted by Crippen LogP contribution is -2.38. The van der Waals surface area contributed by atoms with Gasteiger partial charge >= 0.3 is 0 Å². The highest BCUT2D eigenvalue weighted by Gasteiger charge is 2.47. The lowest BCUT2D eigenvalue weighted by molar-refractivity contribution is 0.235. The molecule has 0 spiro atoms. The summed E-state index contributed by atoms with van der Waals surface area (Å²) in [5.74, 6) is 3.29. The van der Waals surface area contributed by atoms with E-state index in [0.717, 1.165) is 30.3 Å². The Hall–Kier alpha value is -0.0400. The molecule has 3 rings (SSSR count). The van der Waals surface area contributed by atoms with Crippen LogP contribution in [0, 0.1) is 23.2 Å². The molecule has 2 bridgehead atoms. The average Bonchev–Trinajstić information content (AvgIpc) is 2.75. The van der Waals surface area contributed by atoms with E-state index < -0.39 is 0 Å². The maximum absolute atomic E-state index is 3.77. The van der Waals surface area contributed by atoms with Gasteiger partial charge in [0.05, 0.1) is 0 Å². The van der Waals surface area contributed by atoms with E-state index in [1.54, 1.807) is 25.7 Å². The van der Waals surface area contributed by atoms with Crippen LogP contribution < -0.4 is 5.32 Å². The highest BCUT2D eigenvalue weighted by atomic mass is 14.9. The summed E-state index contributed by atoms with van der Waals surface area (Å²) in [6.07, 6.45) is 10.6. The van der Waals surface area contributed by atoms with Crippen LogP contribution in [0.3, 0.4) is 0 Å². The highest BCUT2D eigenvalue weighted by molar-refractivity contribution is 5.01. The summed E-state index contributed by atoms with van der Waals surface area (Å²) in [6, 6.07) is 0.821. The molecule has 0 aromatic carbocycles. The smallest absolute Gasteiger partial charge is 0.0123 e. The predicted octanol–water partition coefficient (Wildman–Crippen LogP) is 3.59. The van der Waals surface area contributed by atoms with Crippen molar-refractivity contribution in [1.82, 2.24) is 5.32 Å². The van der Waals surface area contributed by atoms with Crippen molar-refractivity contribution in [2.75, 3.05) is 6.54 Å². The first kappa shape index (κ1) is 11.1. The van der Waals surface area contributed by atoms with Gasteiger partial charge in [-0.05, 0) is 68.2 Å². The maximum atomic E-state index is 3.77. The quantitative estimate of drug-likeness (QED) is 0.748. The summed E-state index contributed by atoms with van der Waals surface area (Å²) >= 11 is 0. The van der Waals surface area contributed by atoms with Crippen LogP contribution in [0.15, 0.2) is 0 Å². The van der Waals surface area contributed by atoms with Gasteiger partial charge in [0.25, 0.3) is 0 Å². The minimum atomic E-state index is 0.665. The second-order valence-electron chi connectivity index (χ2n) is 6.93. The summed E-state index contributed by atoms with van der Waals surface area (Å²) in [7, 11) is 0. The van der Waals surface area contributed by atoms with Crippen molar-refractivity contribution in [3.8, 4) is 0 Å². The molecule has 0 aromatic rings. The van der Waals surface area contributed by atoms with E-state index in [1.807, 2.05) is 0 Å². The van der Waals surface area contributed by atoms with E-state index >= 15 is 0 Å². The molecule has 0 aliphatic heterocycles. The largest absolute Gasteiger partial charge is 0.314 e. The number of hydrogen-bond acceptors (Lipinski definition) is 1. The fourth-order valence-corrected chi connectivity index (χ4v) is 4.37. The first-order chi connectivity index (χ1) is 7.71. The topological polar surface area (TPSA) is 12.0 Å². The molecule has 16 heavy (non-hydrogen) atoms. The minimum Gasteiger partial charge on any atom is -0.314 e. The molecule has 92 valence electrons. The first-order valence-electron chi connectivity index (χ1n) is 7.44. The van der Waals surface area contributed by atoms with E-state index in [1.165, 1.54) is 19.3 Å². The van der Waals surface area contributed by atoms with Gasteiger partial charge in [-0.15, -0.1) is 0 Å². The molecule has 0 radical (unpaired) electrons. The molecule has 4 unspecified atom stereocenters. The van der Waals surface area contributed by atoms with Crippen molar-refractivity contribution in [2.24, 2.45) is 23.2 Å². The molecule has 0 saturated heterocycles. The van der Waals surface area contributed by atoms with Gasteiger partial charge in [-0.3, -0.25) is 0 Å². The summed E-state index contributed by atoms with van der Waals surface area (Å²) in [6.45, 7) is 5.91. The zero-order valence-electron chi connectivity index (χ0n) is 11.0. The monoisotopic (exact) mass is 221 g/mol. The molecular weight excluding hydrogens is 194 g/mol. The molecule has 4 atom stereocenters. The van der Waals surface area contributed by atoms with E-state index in [0.29, 0.717) is 5.41 Å². The lowest BCUT2D eigenvalue weighted by atomic mass is 9.80. The Balaban J connectivity index is 1.59. The van der Waals surface area contributed by atoms with Crippen molar-refractivity contribution in [3.05, 3.63) is 0 Å². The number of nitrogens with one attached hydrogen (secondary N) is 1. The van der Waals surface area contributed by atoms with E-state index in [-0.39, 0.29) is 0 Å². The molecule has 0 heterocycles. The summed E-state index contributed by atoms with van der Waals surface area (Å²) < 4.78 is 0. The Kier molecular flexibility index (Phi) is 2.78.